The molecule has 1 amide bonds. The minimum absolute atomic E-state index is 0.0409. The van der Waals surface area contributed by atoms with Crippen molar-refractivity contribution in [2.24, 2.45) is 0 Å². The molecule has 1 aromatic rings. The molecular weight excluding hydrogens is 312 g/mol. The standard InChI is InChI=1S/C17H24N2O3S/c20-17(19-9-12-22-13-10-19)16-7-4-8-18(16)11-14-23(21)15-5-2-1-3-6-15/h1-3,5-6,16H,4,7-14H2/t16-,23+/m1/s1. The van der Waals surface area contributed by atoms with Gasteiger partial charge in [-0.25, -0.2) is 0 Å². The van der Waals surface area contributed by atoms with Crippen molar-refractivity contribution in [3.63, 3.8) is 0 Å². The van der Waals surface area contributed by atoms with Crippen LogP contribution in [0.3, 0.4) is 0 Å². The van der Waals surface area contributed by atoms with E-state index >= 15 is 0 Å². The van der Waals surface area contributed by atoms with Crippen molar-refractivity contribution >= 4 is 16.7 Å². The van der Waals surface area contributed by atoms with Gasteiger partial charge < -0.3 is 9.64 Å². The predicted octanol–water partition coefficient (Wildman–Crippen LogP) is 1.12. The van der Waals surface area contributed by atoms with Crippen LogP contribution in [0.25, 0.3) is 0 Å². The Balaban J connectivity index is 1.54. The van der Waals surface area contributed by atoms with Crippen molar-refractivity contribution in [1.82, 2.24) is 9.80 Å². The van der Waals surface area contributed by atoms with Gasteiger partial charge in [0.05, 0.1) is 30.1 Å². The van der Waals surface area contributed by atoms with Gasteiger partial charge >= 0.3 is 0 Å². The zero-order valence-electron chi connectivity index (χ0n) is 13.4. The van der Waals surface area contributed by atoms with Gasteiger partial charge in [0.2, 0.25) is 5.91 Å². The van der Waals surface area contributed by atoms with E-state index in [0.717, 1.165) is 24.3 Å². The van der Waals surface area contributed by atoms with Crippen molar-refractivity contribution in [3.05, 3.63) is 30.3 Å². The van der Waals surface area contributed by atoms with Crippen LogP contribution < -0.4 is 0 Å². The summed E-state index contributed by atoms with van der Waals surface area (Å²) < 4.78 is 17.7. The first-order valence-corrected chi connectivity index (χ1v) is 9.61. The van der Waals surface area contributed by atoms with Crippen LogP contribution in [0.5, 0.6) is 0 Å². The molecule has 3 rings (SSSR count). The summed E-state index contributed by atoms with van der Waals surface area (Å²) in [7, 11) is -0.999. The van der Waals surface area contributed by atoms with Crippen molar-refractivity contribution in [2.75, 3.05) is 45.1 Å². The molecule has 1 aromatic carbocycles. The number of nitrogens with zero attached hydrogens (tertiary/aromatic N) is 2. The van der Waals surface area contributed by atoms with Gasteiger partial charge in [0.15, 0.2) is 0 Å². The zero-order valence-corrected chi connectivity index (χ0v) is 14.2. The summed E-state index contributed by atoms with van der Waals surface area (Å²) in [5, 5.41) is 0. The molecule has 2 fully saturated rings. The summed E-state index contributed by atoms with van der Waals surface area (Å²) in [6.07, 6.45) is 1.95. The van der Waals surface area contributed by atoms with Gasteiger partial charge in [0, 0.05) is 30.3 Å². The highest BCUT2D eigenvalue weighted by Gasteiger charge is 2.34. The van der Waals surface area contributed by atoms with Gasteiger partial charge in [-0.1, -0.05) is 18.2 Å². The highest BCUT2D eigenvalue weighted by Crippen LogP contribution is 2.20. The molecule has 2 heterocycles. The molecule has 2 aliphatic rings. The van der Waals surface area contributed by atoms with Crippen molar-refractivity contribution < 1.29 is 13.7 Å². The summed E-state index contributed by atoms with van der Waals surface area (Å²) in [6.45, 7) is 4.29. The van der Waals surface area contributed by atoms with E-state index in [0.29, 0.717) is 38.6 Å². The second-order valence-corrected chi connectivity index (χ2v) is 7.57. The highest BCUT2D eigenvalue weighted by atomic mass is 32.2. The van der Waals surface area contributed by atoms with E-state index in [1.54, 1.807) is 0 Å². The maximum Gasteiger partial charge on any atom is 0.240 e. The summed E-state index contributed by atoms with van der Waals surface area (Å²) in [5.74, 6) is 0.799. The molecule has 0 unspecified atom stereocenters. The first-order valence-electron chi connectivity index (χ1n) is 8.30. The average molecular weight is 336 g/mol. The lowest BCUT2D eigenvalue weighted by Crippen LogP contribution is -2.50. The fourth-order valence-corrected chi connectivity index (χ4v) is 4.35. The molecule has 126 valence electrons. The number of carbonyl (C=O) groups excluding carboxylic acids is 1. The van der Waals surface area contributed by atoms with Crippen molar-refractivity contribution in [2.45, 2.75) is 23.8 Å². The van der Waals surface area contributed by atoms with E-state index in [4.69, 9.17) is 4.74 Å². The average Bonchev–Trinajstić information content (AvgIpc) is 3.09. The lowest BCUT2D eigenvalue weighted by atomic mass is 10.2. The fraction of sp³-hybridized carbons (Fsp3) is 0.588. The van der Waals surface area contributed by atoms with E-state index in [1.165, 1.54) is 0 Å². The second-order valence-electron chi connectivity index (χ2n) is 5.99. The third-order valence-corrected chi connectivity index (χ3v) is 5.89. The van der Waals surface area contributed by atoms with Crippen LogP contribution in [0.2, 0.25) is 0 Å². The third-order valence-electron chi connectivity index (χ3n) is 4.54. The molecule has 6 heteroatoms. The fourth-order valence-electron chi connectivity index (χ4n) is 3.26. The Kier molecular flexibility index (Phi) is 5.80. The lowest BCUT2D eigenvalue weighted by molar-refractivity contribution is -0.140. The van der Waals surface area contributed by atoms with Gasteiger partial charge in [-0.2, -0.15) is 0 Å². The Hall–Kier alpha value is -1.24. The van der Waals surface area contributed by atoms with Crippen molar-refractivity contribution in [1.29, 1.82) is 0 Å². The molecule has 2 aliphatic heterocycles. The van der Waals surface area contributed by atoms with Crippen LogP contribution in [0, 0.1) is 0 Å². The number of hydrogen-bond donors (Lipinski definition) is 0. The third kappa shape index (κ3) is 4.19. The van der Waals surface area contributed by atoms with Crippen LogP contribution in [-0.4, -0.2) is 71.1 Å². The molecule has 0 aromatic heterocycles. The van der Waals surface area contributed by atoms with Crippen LogP contribution in [0.1, 0.15) is 12.8 Å². The second kappa shape index (κ2) is 8.04. The molecule has 2 atom stereocenters. The topological polar surface area (TPSA) is 49.9 Å². The quantitative estimate of drug-likeness (QED) is 0.808. The predicted molar refractivity (Wildman–Crippen MR) is 89.7 cm³/mol. The normalized spacial score (nSPS) is 23.8. The Morgan fingerprint density at radius 1 is 1.17 bits per heavy atom. The van der Waals surface area contributed by atoms with Crippen LogP contribution >= 0.6 is 0 Å². The molecule has 0 aliphatic carbocycles. The van der Waals surface area contributed by atoms with Gasteiger partial charge in [-0.05, 0) is 31.5 Å². The zero-order chi connectivity index (χ0) is 16.1. The number of hydrogen-bond acceptors (Lipinski definition) is 4. The van der Waals surface area contributed by atoms with Crippen LogP contribution in [-0.2, 0) is 20.3 Å². The number of carbonyl (C=O) groups is 1. The van der Waals surface area contributed by atoms with Gasteiger partial charge in [0.1, 0.15) is 0 Å². The number of ether oxygens (including phenoxy) is 1. The monoisotopic (exact) mass is 336 g/mol. The Labute approximate surface area is 140 Å². The first-order chi connectivity index (χ1) is 11.3. The van der Waals surface area contributed by atoms with Crippen molar-refractivity contribution in [3.8, 4) is 0 Å². The molecule has 23 heavy (non-hydrogen) atoms. The smallest absolute Gasteiger partial charge is 0.240 e. The number of rotatable bonds is 5. The van der Waals surface area contributed by atoms with E-state index in [9.17, 15) is 9.00 Å². The van der Waals surface area contributed by atoms with Gasteiger partial charge in [0.25, 0.3) is 0 Å². The Morgan fingerprint density at radius 2 is 1.91 bits per heavy atom. The SMILES string of the molecule is O=C([C@H]1CCCN1CC[S@](=O)c1ccccc1)N1CCOCC1. The highest BCUT2D eigenvalue weighted by molar-refractivity contribution is 7.85. The minimum Gasteiger partial charge on any atom is -0.378 e. The molecule has 5 nitrogen and oxygen atoms in total. The van der Waals surface area contributed by atoms with Gasteiger partial charge in [-0.15, -0.1) is 0 Å². The number of amides is 1. The summed E-state index contributed by atoms with van der Waals surface area (Å²) in [6, 6.07) is 9.51. The Bertz CT molecular complexity index is 546. The molecule has 0 radical (unpaired) electrons. The molecule has 2 saturated heterocycles. The number of benzene rings is 1. The summed E-state index contributed by atoms with van der Waals surface area (Å²) in [4.78, 5) is 17.7. The maximum absolute atomic E-state index is 12.7. The van der Waals surface area contributed by atoms with Crippen LogP contribution in [0.4, 0.5) is 0 Å². The Morgan fingerprint density at radius 3 is 2.65 bits per heavy atom. The van der Waals surface area contributed by atoms with E-state index in [-0.39, 0.29) is 11.9 Å². The first kappa shape index (κ1) is 16.6. The van der Waals surface area contributed by atoms with Crippen LogP contribution in [0.15, 0.2) is 35.2 Å². The molecular formula is C17H24N2O3S. The summed E-state index contributed by atoms with van der Waals surface area (Å²) >= 11 is 0. The van der Waals surface area contributed by atoms with E-state index in [2.05, 4.69) is 4.90 Å². The molecule has 0 N–H and O–H groups in total. The molecule has 0 saturated carbocycles. The minimum atomic E-state index is -0.999. The molecule has 0 spiro atoms. The van der Waals surface area contributed by atoms with E-state index < -0.39 is 10.8 Å². The number of morpholine rings is 1. The largest absolute Gasteiger partial charge is 0.378 e. The number of likely N-dealkylation sites (tertiary alicyclic amines) is 1. The lowest BCUT2D eigenvalue weighted by Gasteiger charge is -2.32. The molecule has 0 bridgehead atoms. The van der Waals surface area contributed by atoms with E-state index in [1.807, 2.05) is 35.2 Å². The summed E-state index contributed by atoms with van der Waals surface area (Å²) in [5.41, 5.74) is 0. The van der Waals surface area contributed by atoms with Gasteiger partial charge in [-0.3, -0.25) is 13.9 Å². The maximum atomic E-state index is 12.7.